The van der Waals surface area contributed by atoms with Crippen molar-refractivity contribution in [2.24, 2.45) is 0 Å². The second-order valence-corrected chi connectivity index (χ2v) is 4.34. The number of carbonyl (C=O) groups is 1. The van der Waals surface area contributed by atoms with Crippen molar-refractivity contribution < 1.29 is 19.0 Å². The van der Waals surface area contributed by atoms with Gasteiger partial charge in [-0.05, 0) is 36.1 Å². The first-order valence-corrected chi connectivity index (χ1v) is 6.48. The van der Waals surface area contributed by atoms with Crippen LogP contribution in [0.2, 0.25) is 0 Å². The molecule has 4 heteroatoms. The van der Waals surface area contributed by atoms with Crippen LogP contribution in [0.25, 0.3) is 0 Å². The van der Waals surface area contributed by atoms with Crippen LogP contribution in [0.15, 0.2) is 30.0 Å². The predicted molar refractivity (Wildman–Crippen MR) is 71.0 cm³/mol. The summed E-state index contributed by atoms with van der Waals surface area (Å²) in [6.45, 7) is 4.10. The number of esters is 1. The van der Waals surface area contributed by atoms with E-state index in [1.165, 1.54) is 0 Å². The second-order valence-electron chi connectivity index (χ2n) is 4.34. The fraction of sp³-hybridized carbons (Fsp3) is 0.400. The molecular weight excluding hydrogens is 244 g/mol. The summed E-state index contributed by atoms with van der Waals surface area (Å²) in [4.78, 5) is 11.1. The van der Waals surface area contributed by atoms with Gasteiger partial charge < -0.3 is 14.2 Å². The molecule has 1 aliphatic rings. The molecule has 1 aromatic carbocycles. The second kappa shape index (κ2) is 6.27. The van der Waals surface area contributed by atoms with Gasteiger partial charge in [0.05, 0.1) is 6.26 Å². The molecule has 19 heavy (non-hydrogen) atoms. The summed E-state index contributed by atoms with van der Waals surface area (Å²) >= 11 is 0. The average Bonchev–Trinajstić information content (AvgIpc) is 2.90. The number of hydrogen-bond donors (Lipinski definition) is 0. The van der Waals surface area contributed by atoms with Crippen molar-refractivity contribution in [3.8, 4) is 11.5 Å². The zero-order valence-electron chi connectivity index (χ0n) is 11.3. The normalized spacial score (nSPS) is 13.5. The first-order chi connectivity index (χ1) is 9.22. The molecule has 0 radical (unpaired) electrons. The van der Waals surface area contributed by atoms with Crippen LogP contribution in [-0.2, 0) is 16.0 Å². The quantitative estimate of drug-likeness (QED) is 0.603. The third-order valence-electron chi connectivity index (χ3n) is 2.97. The Balaban J connectivity index is 2.04. The summed E-state index contributed by atoms with van der Waals surface area (Å²) < 4.78 is 15.7. The van der Waals surface area contributed by atoms with Crippen molar-refractivity contribution in [1.29, 1.82) is 0 Å². The highest BCUT2D eigenvalue weighted by Gasteiger charge is 2.13. The zero-order chi connectivity index (χ0) is 13.7. The molecule has 0 atom stereocenters. The highest BCUT2D eigenvalue weighted by Crippen LogP contribution is 2.33. The first-order valence-electron chi connectivity index (χ1n) is 6.48. The Kier molecular flexibility index (Phi) is 4.44. The topological polar surface area (TPSA) is 44.8 Å². The van der Waals surface area contributed by atoms with Crippen LogP contribution < -0.4 is 9.47 Å². The Labute approximate surface area is 113 Å². The van der Waals surface area contributed by atoms with Gasteiger partial charge in [0.1, 0.15) is 0 Å². The van der Waals surface area contributed by atoms with E-state index in [0.717, 1.165) is 35.5 Å². The lowest BCUT2D eigenvalue weighted by Crippen LogP contribution is -1.98. The smallest absolute Gasteiger partial charge is 0.310 e. The van der Waals surface area contributed by atoms with Gasteiger partial charge in [0.15, 0.2) is 11.5 Å². The van der Waals surface area contributed by atoms with Crippen molar-refractivity contribution in [3.63, 3.8) is 0 Å². The van der Waals surface area contributed by atoms with E-state index in [9.17, 15) is 4.79 Å². The van der Waals surface area contributed by atoms with E-state index in [4.69, 9.17) is 14.2 Å². The molecule has 0 amide bonds. The number of benzene rings is 1. The molecule has 0 bridgehead atoms. The van der Waals surface area contributed by atoms with Crippen LogP contribution >= 0.6 is 0 Å². The van der Waals surface area contributed by atoms with Gasteiger partial charge in [0.25, 0.3) is 0 Å². The molecule has 1 heterocycles. The SMILES string of the molecule is CCC(=O)OC=C(CC)Cc1ccc2c(c1)OCO2. The zero-order valence-corrected chi connectivity index (χ0v) is 11.3. The maximum absolute atomic E-state index is 11.1. The minimum Gasteiger partial charge on any atom is -0.454 e. The van der Waals surface area contributed by atoms with Gasteiger partial charge in [0, 0.05) is 6.42 Å². The minimum atomic E-state index is -0.211. The van der Waals surface area contributed by atoms with E-state index in [1.54, 1.807) is 13.2 Å². The molecule has 0 saturated heterocycles. The van der Waals surface area contributed by atoms with E-state index < -0.39 is 0 Å². The van der Waals surface area contributed by atoms with Crippen molar-refractivity contribution in [2.45, 2.75) is 33.1 Å². The van der Waals surface area contributed by atoms with Gasteiger partial charge in [-0.25, -0.2) is 0 Å². The maximum Gasteiger partial charge on any atom is 0.310 e. The van der Waals surface area contributed by atoms with Gasteiger partial charge in [-0.1, -0.05) is 19.9 Å². The summed E-state index contributed by atoms with van der Waals surface area (Å²) in [5, 5.41) is 0. The summed E-state index contributed by atoms with van der Waals surface area (Å²) in [5.74, 6) is 1.35. The van der Waals surface area contributed by atoms with Crippen molar-refractivity contribution in [3.05, 3.63) is 35.6 Å². The van der Waals surface area contributed by atoms with Crippen LogP contribution in [-0.4, -0.2) is 12.8 Å². The van der Waals surface area contributed by atoms with E-state index >= 15 is 0 Å². The van der Waals surface area contributed by atoms with Gasteiger partial charge >= 0.3 is 5.97 Å². The highest BCUT2D eigenvalue weighted by atomic mass is 16.7. The fourth-order valence-corrected chi connectivity index (χ4v) is 1.80. The van der Waals surface area contributed by atoms with Crippen LogP contribution in [0.4, 0.5) is 0 Å². The Bertz CT molecular complexity index is 491. The number of allylic oxidation sites excluding steroid dienone is 1. The van der Waals surface area contributed by atoms with Crippen molar-refractivity contribution in [1.82, 2.24) is 0 Å². The molecule has 0 saturated carbocycles. The molecule has 1 aliphatic heterocycles. The third kappa shape index (κ3) is 3.50. The lowest BCUT2D eigenvalue weighted by molar-refractivity contribution is -0.137. The first kappa shape index (κ1) is 13.5. The fourth-order valence-electron chi connectivity index (χ4n) is 1.80. The maximum atomic E-state index is 11.1. The van der Waals surface area contributed by atoms with Crippen LogP contribution in [0.3, 0.4) is 0 Å². The molecule has 0 fully saturated rings. The number of ether oxygens (including phenoxy) is 3. The summed E-state index contributed by atoms with van der Waals surface area (Å²) in [6, 6.07) is 5.87. The molecular formula is C15H18O4. The lowest BCUT2D eigenvalue weighted by Gasteiger charge is -2.06. The van der Waals surface area contributed by atoms with Gasteiger partial charge in [-0.15, -0.1) is 0 Å². The summed E-state index contributed by atoms with van der Waals surface area (Å²) in [5.41, 5.74) is 2.19. The Hall–Kier alpha value is -1.97. The number of rotatable bonds is 5. The summed E-state index contributed by atoms with van der Waals surface area (Å²) in [7, 11) is 0. The molecule has 1 aromatic rings. The average molecular weight is 262 g/mol. The molecule has 4 nitrogen and oxygen atoms in total. The Morgan fingerprint density at radius 2 is 2.05 bits per heavy atom. The monoisotopic (exact) mass is 262 g/mol. The van der Waals surface area contributed by atoms with Crippen molar-refractivity contribution in [2.75, 3.05) is 6.79 Å². The molecule has 0 spiro atoms. The molecule has 102 valence electrons. The van der Waals surface area contributed by atoms with Crippen LogP contribution in [0, 0.1) is 0 Å². The number of fused-ring (bicyclic) bond motifs is 1. The van der Waals surface area contributed by atoms with Gasteiger partial charge in [0.2, 0.25) is 6.79 Å². The standard InChI is InChI=1S/C15H18O4/c1-3-11(9-17-15(16)4-2)7-12-5-6-13-14(8-12)19-10-18-13/h5-6,8-9H,3-4,7,10H2,1-2H3. The van der Waals surface area contributed by atoms with E-state index in [1.807, 2.05) is 25.1 Å². The predicted octanol–water partition coefficient (Wildman–Crippen LogP) is 3.20. The highest BCUT2D eigenvalue weighted by molar-refractivity contribution is 5.69. The number of carbonyl (C=O) groups excluding carboxylic acids is 1. The molecule has 0 aliphatic carbocycles. The van der Waals surface area contributed by atoms with E-state index in [2.05, 4.69) is 0 Å². The molecule has 2 rings (SSSR count). The van der Waals surface area contributed by atoms with E-state index in [-0.39, 0.29) is 12.8 Å². The van der Waals surface area contributed by atoms with Gasteiger partial charge in [-0.3, -0.25) is 4.79 Å². The van der Waals surface area contributed by atoms with Crippen LogP contribution in [0.1, 0.15) is 32.3 Å². The molecule has 0 N–H and O–H groups in total. The number of hydrogen-bond acceptors (Lipinski definition) is 4. The van der Waals surface area contributed by atoms with Crippen LogP contribution in [0.5, 0.6) is 11.5 Å². The molecule has 0 aromatic heterocycles. The van der Waals surface area contributed by atoms with Crippen molar-refractivity contribution >= 4 is 5.97 Å². The van der Waals surface area contributed by atoms with E-state index in [0.29, 0.717) is 6.42 Å². The Morgan fingerprint density at radius 3 is 2.79 bits per heavy atom. The molecule has 0 unspecified atom stereocenters. The lowest BCUT2D eigenvalue weighted by atomic mass is 10.0. The minimum absolute atomic E-state index is 0.211. The third-order valence-corrected chi connectivity index (χ3v) is 2.97. The van der Waals surface area contributed by atoms with Gasteiger partial charge in [-0.2, -0.15) is 0 Å². The largest absolute Gasteiger partial charge is 0.454 e. The summed E-state index contributed by atoms with van der Waals surface area (Å²) in [6.07, 6.45) is 3.53. The Morgan fingerprint density at radius 1 is 1.26 bits per heavy atom.